The molecule has 0 aliphatic carbocycles. The summed E-state index contributed by atoms with van der Waals surface area (Å²) in [6.45, 7) is 3.28. The Morgan fingerprint density at radius 2 is 2.05 bits per heavy atom. The SMILES string of the molecule is CN(c1ccc(Cl)nn1)C1CCN(Cc2ccc(Br)s2)CC1. The summed E-state index contributed by atoms with van der Waals surface area (Å²) in [6, 6.07) is 8.58. The number of anilines is 1. The summed E-state index contributed by atoms with van der Waals surface area (Å²) >= 11 is 11.1. The van der Waals surface area contributed by atoms with Crippen LogP contribution in [0.15, 0.2) is 28.1 Å². The van der Waals surface area contributed by atoms with E-state index in [0.717, 1.165) is 38.3 Å². The Bertz CT molecular complexity index is 610. The van der Waals surface area contributed by atoms with Crippen LogP contribution in [0.2, 0.25) is 5.15 Å². The van der Waals surface area contributed by atoms with Gasteiger partial charge in [-0.2, -0.15) is 0 Å². The van der Waals surface area contributed by atoms with Crippen LogP contribution >= 0.6 is 38.9 Å². The molecule has 22 heavy (non-hydrogen) atoms. The lowest BCUT2D eigenvalue weighted by molar-refractivity contribution is 0.204. The van der Waals surface area contributed by atoms with E-state index in [4.69, 9.17) is 11.6 Å². The van der Waals surface area contributed by atoms with Crippen LogP contribution in [-0.4, -0.2) is 41.3 Å². The van der Waals surface area contributed by atoms with E-state index in [9.17, 15) is 0 Å². The zero-order valence-electron chi connectivity index (χ0n) is 12.4. The molecule has 0 aromatic carbocycles. The Morgan fingerprint density at radius 1 is 1.27 bits per heavy atom. The number of halogens is 2. The highest BCUT2D eigenvalue weighted by molar-refractivity contribution is 9.11. The van der Waals surface area contributed by atoms with Gasteiger partial charge in [0, 0.05) is 37.6 Å². The zero-order chi connectivity index (χ0) is 15.5. The smallest absolute Gasteiger partial charge is 0.151 e. The molecule has 1 fully saturated rings. The van der Waals surface area contributed by atoms with Gasteiger partial charge in [-0.3, -0.25) is 4.90 Å². The molecule has 1 aliphatic rings. The van der Waals surface area contributed by atoms with Crippen molar-refractivity contribution >= 4 is 44.7 Å². The van der Waals surface area contributed by atoms with Crippen LogP contribution < -0.4 is 4.90 Å². The Hall–Kier alpha value is -0.690. The van der Waals surface area contributed by atoms with Crippen molar-refractivity contribution < 1.29 is 0 Å². The normalized spacial score (nSPS) is 16.9. The van der Waals surface area contributed by atoms with E-state index in [1.165, 1.54) is 8.66 Å². The molecule has 4 nitrogen and oxygen atoms in total. The van der Waals surface area contributed by atoms with Crippen molar-refractivity contribution in [2.75, 3.05) is 25.0 Å². The van der Waals surface area contributed by atoms with Gasteiger partial charge in [-0.25, -0.2) is 0 Å². The minimum atomic E-state index is 0.439. The van der Waals surface area contributed by atoms with Crippen molar-refractivity contribution in [3.63, 3.8) is 0 Å². The first kappa shape index (κ1) is 16.2. The van der Waals surface area contributed by atoms with E-state index in [0.29, 0.717) is 11.2 Å². The van der Waals surface area contributed by atoms with E-state index in [1.807, 2.05) is 17.4 Å². The molecular weight excluding hydrogens is 384 g/mol. The largest absolute Gasteiger partial charge is 0.355 e. The average molecular weight is 402 g/mol. The van der Waals surface area contributed by atoms with Gasteiger partial charge in [0.25, 0.3) is 0 Å². The van der Waals surface area contributed by atoms with Gasteiger partial charge in [0.1, 0.15) is 0 Å². The highest BCUT2D eigenvalue weighted by atomic mass is 79.9. The minimum Gasteiger partial charge on any atom is -0.355 e. The van der Waals surface area contributed by atoms with E-state index >= 15 is 0 Å². The summed E-state index contributed by atoms with van der Waals surface area (Å²) in [5, 5.41) is 8.54. The lowest BCUT2D eigenvalue weighted by Gasteiger charge is -2.36. The maximum atomic E-state index is 5.80. The van der Waals surface area contributed by atoms with Crippen molar-refractivity contribution in [3.8, 4) is 0 Å². The lowest BCUT2D eigenvalue weighted by atomic mass is 10.0. The van der Waals surface area contributed by atoms with Crippen LogP contribution in [0.5, 0.6) is 0 Å². The van der Waals surface area contributed by atoms with Gasteiger partial charge < -0.3 is 4.90 Å². The van der Waals surface area contributed by atoms with Crippen LogP contribution in [0, 0.1) is 0 Å². The predicted molar refractivity (Wildman–Crippen MR) is 95.8 cm³/mol. The Kier molecular flexibility index (Phi) is 5.33. The summed E-state index contributed by atoms with van der Waals surface area (Å²) in [7, 11) is 2.09. The van der Waals surface area contributed by atoms with Gasteiger partial charge in [-0.15, -0.1) is 21.5 Å². The highest BCUT2D eigenvalue weighted by Crippen LogP contribution is 2.26. The Labute approximate surface area is 148 Å². The molecule has 2 aromatic rings. The molecule has 1 aliphatic heterocycles. The molecule has 118 valence electrons. The number of likely N-dealkylation sites (tertiary alicyclic amines) is 1. The fourth-order valence-corrected chi connectivity index (χ4v) is 4.43. The number of aromatic nitrogens is 2. The molecule has 3 heterocycles. The monoisotopic (exact) mass is 400 g/mol. The molecule has 2 aromatic heterocycles. The first-order valence-electron chi connectivity index (χ1n) is 7.30. The van der Waals surface area contributed by atoms with Crippen LogP contribution in [-0.2, 0) is 6.54 Å². The molecule has 0 bridgehead atoms. The van der Waals surface area contributed by atoms with Crippen molar-refractivity contribution in [2.45, 2.75) is 25.4 Å². The van der Waals surface area contributed by atoms with Gasteiger partial charge in [-0.1, -0.05) is 11.6 Å². The van der Waals surface area contributed by atoms with E-state index in [2.05, 4.69) is 55.1 Å². The van der Waals surface area contributed by atoms with Crippen LogP contribution in [0.4, 0.5) is 5.82 Å². The number of piperidine rings is 1. The quantitative estimate of drug-likeness (QED) is 0.773. The maximum absolute atomic E-state index is 5.80. The van der Waals surface area contributed by atoms with Gasteiger partial charge in [0.2, 0.25) is 0 Å². The summed E-state index contributed by atoms with van der Waals surface area (Å²) in [6.07, 6.45) is 2.29. The lowest BCUT2D eigenvalue weighted by Crippen LogP contribution is -2.43. The van der Waals surface area contributed by atoms with Crippen LogP contribution in [0.1, 0.15) is 17.7 Å². The van der Waals surface area contributed by atoms with Crippen LogP contribution in [0.25, 0.3) is 0 Å². The van der Waals surface area contributed by atoms with Gasteiger partial charge in [0.15, 0.2) is 11.0 Å². The molecular formula is C15H18BrClN4S. The standard InChI is InChI=1S/C15H18BrClN4S/c1-20(15-5-4-14(17)18-19-15)11-6-8-21(9-7-11)10-12-2-3-13(16)22-12/h2-5,11H,6-10H2,1H3. The molecule has 0 spiro atoms. The third kappa shape index (κ3) is 3.98. The zero-order valence-corrected chi connectivity index (χ0v) is 15.5. The second-order valence-electron chi connectivity index (χ2n) is 5.54. The summed E-state index contributed by atoms with van der Waals surface area (Å²) in [5.41, 5.74) is 0. The Balaban J connectivity index is 1.53. The van der Waals surface area contributed by atoms with Crippen molar-refractivity contribution in [2.24, 2.45) is 0 Å². The minimum absolute atomic E-state index is 0.439. The number of nitrogens with zero attached hydrogens (tertiary/aromatic N) is 4. The van der Waals surface area contributed by atoms with Gasteiger partial charge in [0.05, 0.1) is 3.79 Å². The summed E-state index contributed by atoms with van der Waals surface area (Å²) < 4.78 is 1.21. The third-order valence-corrected chi connectivity index (χ3v) is 5.90. The number of hydrogen-bond acceptors (Lipinski definition) is 5. The molecule has 1 saturated heterocycles. The Morgan fingerprint density at radius 3 is 2.64 bits per heavy atom. The van der Waals surface area contributed by atoms with Crippen molar-refractivity contribution in [3.05, 3.63) is 38.1 Å². The third-order valence-electron chi connectivity index (χ3n) is 4.09. The van der Waals surface area contributed by atoms with E-state index < -0.39 is 0 Å². The molecule has 0 N–H and O–H groups in total. The first-order chi connectivity index (χ1) is 10.6. The van der Waals surface area contributed by atoms with Gasteiger partial charge >= 0.3 is 0 Å². The van der Waals surface area contributed by atoms with Crippen LogP contribution in [0.3, 0.4) is 0 Å². The van der Waals surface area contributed by atoms with Crippen molar-refractivity contribution in [1.82, 2.24) is 15.1 Å². The summed E-state index contributed by atoms with van der Waals surface area (Å²) in [5.74, 6) is 0.894. The first-order valence-corrected chi connectivity index (χ1v) is 9.29. The second kappa shape index (κ2) is 7.25. The topological polar surface area (TPSA) is 32.3 Å². The number of thiophene rings is 1. The van der Waals surface area contributed by atoms with Gasteiger partial charge in [-0.05, 0) is 53.0 Å². The average Bonchev–Trinajstić information content (AvgIpc) is 2.93. The summed E-state index contributed by atoms with van der Waals surface area (Å²) in [4.78, 5) is 6.17. The molecule has 3 rings (SSSR count). The highest BCUT2D eigenvalue weighted by Gasteiger charge is 2.23. The van der Waals surface area contributed by atoms with Crippen molar-refractivity contribution in [1.29, 1.82) is 0 Å². The fraction of sp³-hybridized carbons (Fsp3) is 0.467. The molecule has 0 amide bonds. The molecule has 0 radical (unpaired) electrons. The number of hydrogen-bond donors (Lipinski definition) is 0. The number of rotatable bonds is 4. The molecule has 0 unspecified atom stereocenters. The molecule has 0 atom stereocenters. The second-order valence-corrected chi connectivity index (χ2v) is 8.47. The molecule has 0 saturated carbocycles. The maximum Gasteiger partial charge on any atom is 0.151 e. The van der Waals surface area contributed by atoms with E-state index in [-0.39, 0.29) is 0 Å². The predicted octanol–water partition coefficient (Wildman–Crippen LogP) is 4.05. The molecule has 7 heteroatoms. The fourth-order valence-electron chi connectivity index (χ4n) is 2.81. The van der Waals surface area contributed by atoms with E-state index in [1.54, 1.807) is 6.07 Å².